The van der Waals surface area contributed by atoms with Gasteiger partial charge in [-0.1, -0.05) is 27.5 Å². The Morgan fingerprint density at radius 2 is 1.96 bits per heavy atom. The summed E-state index contributed by atoms with van der Waals surface area (Å²) >= 11 is 9.41. The first kappa shape index (κ1) is 18.4. The van der Waals surface area contributed by atoms with Gasteiger partial charge in [0, 0.05) is 22.6 Å². The molecule has 0 N–H and O–H groups in total. The normalized spacial score (nSPS) is 16.3. The number of hydrogen-bond donors (Lipinski definition) is 0. The van der Waals surface area contributed by atoms with Crippen LogP contribution in [0.25, 0.3) is 0 Å². The number of benzene rings is 1. The van der Waals surface area contributed by atoms with Crippen molar-refractivity contribution in [2.24, 2.45) is 5.92 Å². The molecule has 1 fully saturated rings. The molecular weight excluding hydrogens is 382 g/mol. The molecule has 128 valence electrons. The van der Waals surface area contributed by atoms with E-state index in [-0.39, 0.29) is 6.09 Å². The van der Waals surface area contributed by atoms with Crippen molar-refractivity contribution in [3.8, 4) is 5.75 Å². The van der Waals surface area contributed by atoms with Gasteiger partial charge >= 0.3 is 6.09 Å². The average molecular weight is 405 g/mol. The lowest BCUT2D eigenvalue weighted by Crippen LogP contribution is -2.42. The molecule has 1 saturated heterocycles. The second kappa shape index (κ2) is 7.75. The van der Waals surface area contributed by atoms with Crippen molar-refractivity contribution in [1.82, 2.24) is 4.90 Å². The highest BCUT2D eigenvalue weighted by atomic mass is 79.9. The molecule has 1 aliphatic heterocycles. The number of hydrogen-bond acceptors (Lipinski definition) is 3. The monoisotopic (exact) mass is 403 g/mol. The van der Waals surface area contributed by atoms with E-state index in [1.807, 2.05) is 39.0 Å². The summed E-state index contributed by atoms with van der Waals surface area (Å²) in [5.41, 5.74) is -0.447. The van der Waals surface area contributed by atoms with Crippen LogP contribution < -0.4 is 4.74 Å². The highest BCUT2D eigenvalue weighted by molar-refractivity contribution is 9.10. The number of carbonyl (C=O) groups excluding carboxylic acids is 1. The number of rotatable bonds is 3. The predicted octanol–water partition coefficient (Wildman–Crippen LogP) is 5.13. The van der Waals surface area contributed by atoms with E-state index in [4.69, 9.17) is 21.1 Å². The van der Waals surface area contributed by atoms with Crippen LogP contribution in [0.1, 0.15) is 33.6 Å². The fraction of sp³-hybridized carbons (Fsp3) is 0.588. The lowest BCUT2D eigenvalue weighted by atomic mass is 9.98. The van der Waals surface area contributed by atoms with Crippen LogP contribution >= 0.6 is 27.5 Å². The van der Waals surface area contributed by atoms with Gasteiger partial charge in [-0.25, -0.2) is 4.79 Å². The van der Waals surface area contributed by atoms with Gasteiger partial charge in [-0.05, 0) is 57.7 Å². The van der Waals surface area contributed by atoms with Crippen molar-refractivity contribution >= 4 is 33.6 Å². The van der Waals surface area contributed by atoms with Gasteiger partial charge in [-0.2, -0.15) is 0 Å². The molecule has 23 heavy (non-hydrogen) atoms. The minimum atomic E-state index is -0.447. The van der Waals surface area contributed by atoms with Crippen LogP contribution in [0.5, 0.6) is 5.75 Å². The molecule has 0 unspecified atom stereocenters. The van der Waals surface area contributed by atoms with Crippen molar-refractivity contribution in [2.45, 2.75) is 39.2 Å². The number of amides is 1. The molecule has 1 aromatic rings. The molecule has 1 aliphatic rings. The smallest absolute Gasteiger partial charge is 0.410 e. The maximum Gasteiger partial charge on any atom is 0.410 e. The van der Waals surface area contributed by atoms with E-state index in [9.17, 15) is 4.79 Å². The molecular formula is C17H23BrClNO3. The Bertz CT molecular complexity index is 531. The molecule has 1 aromatic carbocycles. The summed E-state index contributed by atoms with van der Waals surface area (Å²) in [5, 5.41) is 0.647. The summed E-state index contributed by atoms with van der Waals surface area (Å²) < 4.78 is 12.1. The van der Waals surface area contributed by atoms with E-state index < -0.39 is 5.60 Å². The Labute approximate surface area is 151 Å². The largest absolute Gasteiger partial charge is 0.493 e. The maximum atomic E-state index is 12.0. The summed E-state index contributed by atoms with van der Waals surface area (Å²) in [6.45, 7) is 7.71. The summed E-state index contributed by atoms with van der Waals surface area (Å²) in [5.74, 6) is 1.20. The quantitative estimate of drug-likeness (QED) is 0.701. The van der Waals surface area contributed by atoms with Gasteiger partial charge in [0.25, 0.3) is 0 Å². The lowest BCUT2D eigenvalue weighted by molar-refractivity contribution is 0.0165. The zero-order valence-electron chi connectivity index (χ0n) is 13.8. The Hall–Kier alpha value is -0.940. The fourth-order valence-corrected chi connectivity index (χ4v) is 3.26. The molecule has 0 aromatic heterocycles. The molecule has 0 aliphatic carbocycles. The number of piperidine rings is 1. The fourth-order valence-electron chi connectivity index (χ4n) is 2.43. The molecule has 6 heteroatoms. The number of ether oxygens (including phenoxy) is 2. The number of nitrogens with zero attached hydrogens (tertiary/aromatic N) is 1. The first-order valence-corrected chi connectivity index (χ1v) is 8.97. The Balaban J connectivity index is 1.77. The van der Waals surface area contributed by atoms with Crippen molar-refractivity contribution in [3.05, 3.63) is 27.7 Å². The van der Waals surface area contributed by atoms with E-state index in [1.165, 1.54) is 0 Å². The Morgan fingerprint density at radius 1 is 1.30 bits per heavy atom. The summed E-state index contributed by atoms with van der Waals surface area (Å²) in [6.07, 6.45) is 1.61. The van der Waals surface area contributed by atoms with Crippen LogP contribution in [0.3, 0.4) is 0 Å². The zero-order valence-corrected chi connectivity index (χ0v) is 16.1. The Morgan fingerprint density at radius 3 is 2.52 bits per heavy atom. The van der Waals surface area contributed by atoms with Gasteiger partial charge in [0.15, 0.2) is 0 Å². The van der Waals surface area contributed by atoms with Crippen molar-refractivity contribution in [2.75, 3.05) is 19.7 Å². The van der Waals surface area contributed by atoms with Gasteiger partial charge < -0.3 is 14.4 Å². The molecule has 0 saturated carbocycles. The first-order chi connectivity index (χ1) is 10.7. The average Bonchev–Trinajstić information content (AvgIpc) is 2.43. The molecule has 2 rings (SSSR count). The van der Waals surface area contributed by atoms with Gasteiger partial charge in [0.05, 0.1) is 6.61 Å². The second-order valence-electron chi connectivity index (χ2n) is 6.83. The summed E-state index contributed by atoms with van der Waals surface area (Å²) in [7, 11) is 0. The Kier molecular flexibility index (Phi) is 6.20. The van der Waals surface area contributed by atoms with Crippen molar-refractivity contribution in [1.29, 1.82) is 0 Å². The third kappa shape index (κ3) is 6.22. The minimum absolute atomic E-state index is 0.226. The van der Waals surface area contributed by atoms with Gasteiger partial charge in [-0.15, -0.1) is 0 Å². The molecule has 0 spiro atoms. The van der Waals surface area contributed by atoms with Crippen LogP contribution in [-0.2, 0) is 4.74 Å². The molecule has 1 amide bonds. The number of halogens is 2. The second-order valence-corrected chi connectivity index (χ2v) is 8.18. The maximum absolute atomic E-state index is 12.0. The van der Waals surface area contributed by atoms with E-state index in [0.29, 0.717) is 30.6 Å². The topological polar surface area (TPSA) is 38.8 Å². The van der Waals surface area contributed by atoms with E-state index in [1.54, 1.807) is 4.90 Å². The predicted molar refractivity (Wildman–Crippen MR) is 95.2 cm³/mol. The zero-order chi connectivity index (χ0) is 17.0. The van der Waals surface area contributed by atoms with Gasteiger partial charge in [0.1, 0.15) is 11.4 Å². The number of likely N-dealkylation sites (tertiary alicyclic amines) is 1. The van der Waals surface area contributed by atoms with Crippen molar-refractivity contribution in [3.63, 3.8) is 0 Å². The lowest BCUT2D eigenvalue weighted by Gasteiger charge is -2.33. The SMILES string of the molecule is CC(C)(C)OC(=O)N1CCC(COc2cc(Cl)cc(Br)c2)CC1. The van der Waals surface area contributed by atoms with Crippen LogP contribution in [-0.4, -0.2) is 36.3 Å². The first-order valence-electron chi connectivity index (χ1n) is 7.80. The molecule has 4 nitrogen and oxygen atoms in total. The summed E-state index contributed by atoms with van der Waals surface area (Å²) in [6, 6.07) is 5.54. The van der Waals surface area contributed by atoms with Crippen LogP contribution in [0, 0.1) is 5.92 Å². The molecule has 0 atom stereocenters. The third-order valence-corrected chi connectivity index (χ3v) is 4.26. The van der Waals surface area contributed by atoms with Gasteiger partial charge in [0.2, 0.25) is 0 Å². The van der Waals surface area contributed by atoms with Crippen LogP contribution in [0.15, 0.2) is 22.7 Å². The van der Waals surface area contributed by atoms with Crippen LogP contribution in [0.4, 0.5) is 4.79 Å². The van der Waals surface area contributed by atoms with E-state index >= 15 is 0 Å². The van der Waals surface area contributed by atoms with E-state index in [2.05, 4.69) is 15.9 Å². The van der Waals surface area contributed by atoms with E-state index in [0.717, 1.165) is 23.1 Å². The standard InChI is InChI=1S/C17H23BrClNO3/c1-17(2,3)23-16(21)20-6-4-12(5-7-20)11-22-15-9-13(18)8-14(19)10-15/h8-10,12H,4-7,11H2,1-3H3. The van der Waals surface area contributed by atoms with Gasteiger partial charge in [-0.3, -0.25) is 0 Å². The summed E-state index contributed by atoms with van der Waals surface area (Å²) in [4.78, 5) is 13.8. The molecule has 0 bridgehead atoms. The highest BCUT2D eigenvalue weighted by Gasteiger charge is 2.27. The molecule has 1 heterocycles. The third-order valence-electron chi connectivity index (χ3n) is 3.59. The number of carbonyl (C=O) groups is 1. The van der Waals surface area contributed by atoms with Crippen LogP contribution in [0.2, 0.25) is 5.02 Å². The highest BCUT2D eigenvalue weighted by Crippen LogP contribution is 2.26. The van der Waals surface area contributed by atoms with Crippen molar-refractivity contribution < 1.29 is 14.3 Å². The molecule has 0 radical (unpaired) electrons. The minimum Gasteiger partial charge on any atom is -0.493 e.